The summed E-state index contributed by atoms with van der Waals surface area (Å²) in [4.78, 5) is 22.9. The van der Waals surface area contributed by atoms with Crippen molar-refractivity contribution in [2.75, 3.05) is 32.7 Å². The lowest BCUT2D eigenvalue weighted by Gasteiger charge is -2.37. The van der Waals surface area contributed by atoms with Gasteiger partial charge in [-0.3, -0.25) is 4.79 Å². The molecule has 2 aliphatic rings. The van der Waals surface area contributed by atoms with E-state index in [9.17, 15) is 4.79 Å². The topological polar surface area (TPSA) is 49.6 Å². The summed E-state index contributed by atoms with van der Waals surface area (Å²) >= 11 is 3.34. The lowest BCUT2D eigenvalue weighted by molar-refractivity contribution is 0.0593. The van der Waals surface area contributed by atoms with E-state index < -0.39 is 0 Å². The number of hydrogen-bond donors (Lipinski definition) is 0. The van der Waals surface area contributed by atoms with E-state index in [4.69, 9.17) is 4.42 Å². The van der Waals surface area contributed by atoms with Crippen LogP contribution in [-0.4, -0.2) is 53.4 Å². The van der Waals surface area contributed by atoms with Crippen LogP contribution in [-0.2, 0) is 5.75 Å². The number of nitrogens with zero attached hydrogens (tertiary/aromatic N) is 3. The molecule has 0 radical (unpaired) electrons. The van der Waals surface area contributed by atoms with Gasteiger partial charge in [0.05, 0.1) is 0 Å². The van der Waals surface area contributed by atoms with Gasteiger partial charge < -0.3 is 14.2 Å². The molecule has 1 unspecified atom stereocenters. The fraction of sp³-hybridized carbons (Fsp3) is 0.538. The van der Waals surface area contributed by atoms with Gasteiger partial charge in [-0.25, -0.2) is 4.98 Å². The van der Waals surface area contributed by atoms with E-state index in [-0.39, 0.29) is 5.91 Å². The highest BCUT2D eigenvalue weighted by Gasteiger charge is 2.30. The van der Waals surface area contributed by atoms with Crippen molar-refractivity contribution in [3.8, 4) is 0 Å². The van der Waals surface area contributed by atoms with Crippen molar-refractivity contribution in [3.05, 3.63) is 46.7 Å². The summed E-state index contributed by atoms with van der Waals surface area (Å²) in [5.41, 5.74) is 2.83. The number of likely N-dealkylation sites (tertiary alicyclic amines) is 2. The number of fused-ring (bicyclic) bond motifs is 1. The van der Waals surface area contributed by atoms with Gasteiger partial charge in [-0.05, 0) is 63.6 Å². The van der Waals surface area contributed by atoms with E-state index in [0.29, 0.717) is 17.4 Å². The van der Waals surface area contributed by atoms with E-state index in [1.807, 2.05) is 30.0 Å². The van der Waals surface area contributed by atoms with E-state index in [2.05, 4.69) is 28.3 Å². The number of aromatic nitrogens is 1. The second kappa shape index (κ2) is 10.2. The second-order valence-corrected chi connectivity index (χ2v) is 11.8. The number of carbonyl (C=O) groups is 1. The maximum absolute atomic E-state index is 13.7. The largest absolute Gasteiger partial charge is 0.451 e. The molecule has 1 atom stereocenters. The summed E-state index contributed by atoms with van der Waals surface area (Å²) in [6.07, 6.45) is 4.88. The lowest BCUT2D eigenvalue weighted by atomic mass is 9.94. The van der Waals surface area contributed by atoms with E-state index in [1.165, 1.54) is 32.4 Å². The molecular weight excluding hydrogens is 450 g/mol. The Morgan fingerprint density at radius 1 is 1.21 bits per heavy atom. The lowest BCUT2D eigenvalue weighted by Crippen LogP contribution is -2.45. The minimum atomic E-state index is 0.0501. The van der Waals surface area contributed by atoms with Crippen LogP contribution in [0.2, 0.25) is 0 Å². The molecule has 3 aromatic rings. The van der Waals surface area contributed by atoms with Gasteiger partial charge in [-0.15, -0.1) is 11.3 Å². The first-order valence-electron chi connectivity index (χ1n) is 12.1. The van der Waals surface area contributed by atoms with Crippen LogP contribution < -0.4 is 0 Å². The molecule has 2 aliphatic heterocycles. The first-order valence-corrected chi connectivity index (χ1v) is 14.0. The molecule has 2 fully saturated rings. The molecule has 33 heavy (non-hydrogen) atoms. The monoisotopic (exact) mass is 483 g/mol. The summed E-state index contributed by atoms with van der Waals surface area (Å²) < 4.78 is 7.21. The van der Waals surface area contributed by atoms with Crippen molar-refractivity contribution in [2.24, 2.45) is 11.8 Å². The van der Waals surface area contributed by atoms with Crippen molar-refractivity contribution in [1.82, 2.24) is 14.8 Å². The Labute approximate surface area is 204 Å². The van der Waals surface area contributed by atoms with E-state index in [0.717, 1.165) is 58.5 Å². The molecule has 0 saturated carbocycles. The van der Waals surface area contributed by atoms with Gasteiger partial charge >= 0.3 is 0 Å². The van der Waals surface area contributed by atoms with Crippen LogP contribution in [0.1, 0.15) is 54.4 Å². The van der Waals surface area contributed by atoms with Gasteiger partial charge in [0, 0.05) is 47.4 Å². The smallest absolute Gasteiger partial charge is 0.289 e. The fourth-order valence-electron chi connectivity index (χ4n) is 5.10. The average Bonchev–Trinajstić information content (AvgIpc) is 3.42. The number of benzene rings is 1. The minimum Gasteiger partial charge on any atom is -0.451 e. The van der Waals surface area contributed by atoms with Crippen LogP contribution in [0.5, 0.6) is 0 Å². The van der Waals surface area contributed by atoms with Crippen LogP contribution in [0.3, 0.4) is 0 Å². The third-order valence-corrected chi connectivity index (χ3v) is 9.19. The molecule has 5 nitrogen and oxygen atoms in total. The maximum atomic E-state index is 13.7. The molecule has 4 heterocycles. The summed E-state index contributed by atoms with van der Waals surface area (Å²) in [7, 11) is 0. The third kappa shape index (κ3) is 5.31. The number of amides is 1. The predicted octanol–water partition coefficient (Wildman–Crippen LogP) is 6.07. The molecule has 2 aromatic heterocycles. The molecular formula is C26H33N3O2S2. The molecule has 2 saturated heterocycles. The molecule has 0 N–H and O–H groups in total. The van der Waals surface area contributed by atoms with Gasteiger partial charge in [0.25, 0.3) is 5.91 Å². The highest BCUT2D eigenvalue weighted by atomic mass is 32.2. The highest BCUT2D eigenvalue weighted by molar-refractivity contribution is 8.00. The number of piperidine rings is 2. The van der Waals surface area contributed by atoms with Gasteiger partial charge in [-0.2, -0.15) is 0 Å². The summed E-state index contributed by atoms with van der Waals surface area (Å²) in [5.74, 6) is 2.66. The van der Waals surface area contributed by atoms with Crippen molar-refractivity contribution in [3.63, 3.8) is 0 Å². The number of hydrogen-bond acceptors (Lipinski definition) is 6. The van der Waals surface area contributed by atoms with Gasteiger partial charge in [0.1, 0.15) is 9.92 Å². The highest BCUT2D eigenvalue weighted by Crippen LogP contribution is 2.34. The number of thiazole rings is 1. The van der Waals surface area contributed by atoms with Gasteiger partial charge in [0.15, 0.2) is 5.76 Å². The maximum Gasteiger partial charge on any atom is 0.289 e. The van der Waals surface area contributed by atoms with Crippen molar-refractivity contribution >= 4 is 40.0 Å². The Morgan fingerprint density at radius 2 is 2.03 bits per heavy atom. The summed E-state index contributed by atoms with van der Waals surface area (Å²) in [6, 6.07) is 8.01. The Hall–Kier alpha value is -1.83. The fourth-order valence-corrected chi connectivity index (χ4v) is 6.98. The van der Waals surface area contributed by atoms with Crippen molar-refractivity contribution in [2.45, 2.75) is 49.6 Å². The van der Waals surface area contributed by atoms with Crippen LogP contribution in [0.15, 0.2) is 38.4 Å². The van der Waals surface area contributed by atoms with Crippen molar-refractivity contribution < 1.29 is 9.21 Å². The minimum absolute atomic E-state index is 0.0501. The zero-order chi connectivity index (χ0) is 22.8. The molecule has 176 valence electrons. The van der Waals surface area contributed by atoms with Crippen molar-refractivity contribution in [1.29, 1.82) is 0 Å². The van der Waals surface area contributed by atoms with E-state index in [1.54, 1.807) is 23.1 Å². The molecule has 5 rings (SSSR count). The Bertz CT molecular complexity index is 1100. The van der Waals surface area contributed by atoms with Gasteiger partial charge in [-0.1, -0.05) is 36.9 Å². The zero-order valence-electron chi connectivity index (χ0n) is 19.6. The Kier molecular flexibility index (Phi) is 7.09. The molecule has 7 heteroatoms. The summed E-state index contributed by atoms with van der Waals surface area (Å²) in [5, 5.41) is 3.11. The molecule has 1 amide bonds. The first kappa shape index (κ1) is 22.9. The molecule has 0 aliphatic carbocycles. The normalized spacial score (nSPS) is 20.5. The summed E-state index contributed by atoms with van der Waals surface area (Å²) in [6.45, 7) is 9.54. The second-order valence-electron chi connectivity index (χ2n) is 9.69. The molecule has 0 spiro atoms. The predicted molar refractivity (Wildman–Crippen MR) is 136 cm³/mol. The third-order valence-electron chi connectivity index (χ3n) is 7.03. The molecule has 0 bridgehead atoms. The Balaban J connectivity index is 1.31. The number of furan rings is 1. The van der Waals surface area contributed by atoms with E-state index >= 15 is 0 Å². The number of carbonyl (C=O) groups excluding carboxylic acids is 1. The zero-order valence-corrected chi connectivity index (χ0v) is 21.2. The Morgan fingerprint density at radius 3 is 2.82 bits per heavy atom. The SMILES string of the molecule is Cc1csc(SCc2c(C(=O)N3CCCC(CN4CCC(C)CC4)C3)oc3ccccc23)n1. The van der Waals surface area contributed by atoms with Crippen LogP contribution >= 0.6 is 23.1 Å². The first-order chi connectivity index (χ1) is 16.1. The van der Waals surface area contributed by atoms with Crippen LogP contribution in [0.4, 0.5) is 0 Å². The number of thioether (sulfide) groups is 1. The number of para-hydroxylation sites is 1. The standard InChI is InChI=1S/C26H33N3O2S2/c1-18-9-12-28(13-10-18)14-20-6-5-11-29(15-20)25(30)24-22(17-33-26-27-19(2)16-32-26)21-7-3-4-8-23(21)31-24/h3-4,7-8,16,18,20H,5-6,9-15,17H2,1-2H3. The molecule has 1 aromatic carbocycles. The van der Waals surface area contributed by atoms with Crippen LogP contribution in [0, 0.1) is 18.8 Å². The quantitative estimate of drug-likeness (QED) is 0.398. The van der Waals surface area contributed by atoms with Gasteiger partial charge in [0.2, 0.25) is 0 Å². The number of aryl methyl sites for hydroxylation is 1. The van der Waals surface area contributed by atoms with Crippen LogP contribution in [0.25, 0.3) is 11.0 Å². The average molecular weight is 484 g/mol. The number of rotatable bonds is 6.